The second-order valence-corrected chi connectivity index (χ2v) is 3.20. The number of hydrogen-bond acceptors (Lipinski definition) is 1. The van der Waals surface area contributed by atoms with E-state index >= 15 is 0 Å². The Morgan fingerprint density at radius 1 is 1.54 bits per heavy atom. The number of rotatable bonds is 2. The molecule has 0 aromatic heterocycles. The van der Waals surface area contributed by atoms with Crippen molar-refractivity contribution in [1.29, 1.82) is 5.26 Å². The number of nitriles is 1. The van der Waals surface area contributed by atoms with Crippen molar-refractivity contribution in [1.82, 2.24) is 0 Å². The van der Waals surface area contributed by atoms with Crippen LogP contribution in [0.4, 0.5) is 4.39 Å². The number of halogens is 2. The maximum atomic E-state index is 13.2. The summed E-state index contributed by atoms with van der Waals surface area (Å²) in [6.45, 7) is 1.76. The van der Waals surface area contributed by atoms with Crippen LogP contribution in [0.5, 0.6) is 0 Å². The first-order chi connectivity index (χ1) is 6.16. The maximum absolute atomic E-state index is 13.2. The van der Waals surface area contributed by atoms with Gasteiger partial charge in [-0.05, 0) is 36.6 Å². The molecule has 0 aliphatic carbocycles. The molecule has 0 spiro atoms. The van der Waals surface area contributed by atoms with Gasteiger partial charge in [0.05, 0.1) is 6.07 Å². The lowest BCUT2D eigenvalue weighted by molar-refractivity contribution is 0.608. The molecule has 0 saturated carbocycles. The van der Waals surface area contributed by atoms with Gasteiger partial charge in [0.15, 0.2) is 0 Å². The molecule has 0 aliphatic heterocycles. The lowest BCUT2D eigenvalue weighted by Crippen LogP contribution is -1.94. The minimum Gasteiger partial charge on any atom is -0.207 e. The van der Waals surface area contributed by atoms with Gasteiger partial charge in [-0.25, -0.2) is 4.39 Å². The van der Waals surface area contributed by atoms with Crippen LogP contribution in [-0.2, 0) is 6.42 Å². The Kier molecular flexibility index (Phi) is 3.27. The van der Waals surface area contributed by atoms with Gasteiger partial charge in [-0.2, -0.15) is 5.26 Å². The summed E-state index contributed by atoms with van der Waals surface area (Å²) in [5.41, 5.74) is 1.28. The quantitative estimate of drug-likeness (QED) is 0.714. The fourth-order valence-corrected chi connectivity index (χ4v) is 1.36. The third-order valence-corrected chi connectivity index (χ3v) is 2.37. The first kappa shape index (κ1) is 10.0. The SMILES string of the molecule is Cc1c(Cl)ccc(F)c1CCC#N. The molecule has 0 radical (unpaired) electrons. The van der Waals surface area contributed by atoms with Crippen LogP contribution in [0.15, 0.2) is 12.1 Å². The highest BCUT2D eigenvalue weighted by molar-refractivity contribution is 6.31. The van der Waals surface area contributed by atoms with Crippen LogP contribution in [0.3, 0.4) is 0 Å². The van der Waals surface area contributed by atoms with Gasteiger partial charge in [0, 0.05) is 11.4 Å². The van der Waals surface area contributed by atoms with Crippen LogP contribution in [0.1, 0.15) is 17.5 Å². The van der Waals surface area contributed by atoms with Crippen LogP contribution < -0.4 is 0 Å². The van der Waals surface area contributed by atoms with E-state index in [1.165, 1.54) is 12.1 Å². The molecule has 0 fully saturated rings. The zero-order chi connectivity index (χ0) is 9.84. The summed E-state index contributed by atoms with van der Waals surface area (Å²) in [7, 11) is 0. The van der Waals surface area contributed by atoms with Crippen molar-refractivity contribution in [3.63, 3.8) is 0 Å². The van der Waals surface area contributed by atoms with E-state index in [0.717, 1.165) is 5.56 Å². The topological polar surface area (TPSA) is 23.8 Å². The zero-order valence-electron chi connectivity index (χ0n) is 7.27. The fourth-order valence-electron chi connectivity index (χ4n) is 1.18. The van der Waals surface area contributed by atoms with E-state index < -0.39 is 0 Å². The Bertz CT molecular complexity index is 355. The van der Waals surface area contributed by atoms with Gasteiger partial charge in [-0.15, -0.1) is 0 Å². The molecule has 0 amide bonds. The van der Waals surface area contributed by atoms with E-state index in [0.29, 0.717) is 23.4 Å². The maximum Gasteiger partial charge on any atom is 0.126 e. The van der Waals surface area contributed by atoms with Gasteiger partial charge in [-0.3, -0.25) is 0 Å². The largest absolute Gasteiger partial charge is 0.207 e. The molecule has 0 saturated heterocycles. The van der Waals surface area contributed by atoms with Crippen molar-refractivity contribution in [2.75, 3.05) is 0 Å². The first-order valence-corrected chi connectivity index (χ1v) is 4.35. The van der Waals surface area contributed by atoms with E-state index in [2.05, 4.69) is 0 Å². The standard InChI is InChI=1S/C10H9ClFN/c1-7-8(3-2-6-13)10(12)5-4-9(7)11/h4-5H,2-3H2,1H3. The van der Waals surface area contributed by atoms with E-state index in [9.17, 15) is 4.39 Å². The van der Waals surface area contributed by atoms with Crippen molar-refractivity contribution in [2.45, 2.75) is 19.8 Å². The molecule has 0 aliphatic rings. The van der Waals surface area contributed by atoms with Crippen molar-refractivity contribution in [3.05, 3.63) is 34.1 Å². The highest BCUT2D eigenvalue weighted by Gasteiger charge is 2.07. The highest BCUT2D eigenvalue weighted by Crippen LogP contribution is 2.22. The predicted octanol–water partition coefficient (Wildman–Crippen LogP) is 3.24. The van der Waals surface area contributed by atoms with Crippen LogP contribution in [0.25, 0.3) is 0 Å². The zero-order valence-corrected chi connectivity index (χ0v) is 8.03. The molecule has 0 bridgehead atoms. The number of hydrogen-bond donors (Lipinski definition) is 0. The highest BCUT2D eigenvalue weighted by atomic mass is 35.5. The summed E-state index contributed by atoms with van der Waals surface area (Å²) in [6.07, 6.45) is 0.743. The molecule has 68 valence electrons. The lowest BCUT2D eigenvalue weighted by atomic mass is 10.0. The molecule has 1 nitrogen and oxygen atoms in total. The van der Waals surface area contributed by atoms with E-state index in [1.807, 2.05) is 6.07 Å². The molecular formula is C10H9ClFN. The minimum atomic E-state index is -0.280. The van der Waals surface area contributed by atoms with Crippen molar-refractivity contribution in [2.24, 2.45) is 0 Å². The molecule has 0 atom stereocenters. The molecule has 1 aromatic carbocycles. The minimum absolute atomic E-state index is 0.280. The Morgan fingerprint density at radius 3 is 2.85 bits per heavy atom. The molecule has 0 unspecified atom stereocenters. The lowest BCUT2D eigenvalue weighted by Gasteiger charge is -2.06. The molecule has 1 rings (SSSR count). The molecule has 13 heavy (non-hydrogen) atoms. The number of benzene rings is 1. The Labute approximate surface area is 81.8 Å². The summed E-state index contributed by atoms with van der Waals surface area (Å²) in [5, 5.41) is 8.92. The Morgan fingerprint density at radius 2 is 2.23 bits per heavy atom. The van der Waals surface area contributed by atoms with Crippen LogP contribution >= 0.6 is 11.6 Å². The summed E-state index contributed by atoms with van der Waals surface area (Å²) >= 11 is 5.82. The summed E-state index contributed by atoms with van der Waals surface area (Å²) in [4.78, 5) is 0. The van der Waals surface area contributed by atoms with Crippen molar-refractivity contribution in [3.8, 4) is 6.07 Å². The van der Waals surface area contributed by atoms with Crippen LogP contribution in [-0.4, -0.2) is 0 Å². The van der Waals surface area contributed by atoms with Gasteiger partial charge in [0.1, 0.15) is 5.82 Å². The van der Waals surface area contributed by atoms with Crippen LogP contribution in [0.2, 0.25) is 5.02 Å². The third kappa shape index (κ3) is 2.19. The fraction of sp³-hybridized carbons (Fsp3) is 0.300. The van der Waals surface area contributed by atoms with Crippen molar-refractivity contribution < 1.29 is 4.39 Å². The monoisotopic (exact) mass is 197 g/mol. The summed E-state index contributed by atoms with van der Waals surface area (Å²) in [6, 6.07) is 4.85. The van der Waals surface area contributed by atoms with Gasteiger partial charge in [0.2, 0.25) is 0 Å². The van der Waals surface area contributed by atoms with E-state index in [4.69, 9.17) is 16.9 Å². The number of nitrogens with zero attached hydrogens (tertiary/aromatic N) is 1. The Balaban J connectivity index is 3.04. The van der Waals surface area contributed by atoms with Gasteiger partial charge in [0.25, 0.3) is 0 Å². The summed E-state index contributed by atoms with van der Waals surface area (Å²) in [5.74, 6) is -0.280. The molecule has 3 heteroatoms. The molecule has 0 heterocycles. The van der Waals surface area contributed by atoms with E-state index in [-0.39, 0.29) is 5.82 Å². The van der Waals surface area contributed by atoms with Crippen molar-refractivity contribution >= 4 is 11.6 Å². The molecule has 0 N–H and O–H groups in total. The second kappa shape index (κ2) is 4.25. The van der Waals surface area contributed by atoms with Crippen LogP contribution in [0, 0.1) is 24.1 Å². The predicted molar refractivity (Wildman–Crippen MR) is 50.1 cm³/mol. The molecule has 1 aromatic rings. The van der Waals surface area contributed by atoms with Gasteiger partial charge >= 0.3 is 0 Å². The average Bonchev–Trinajstić information content (AvgIpc) is 2.12. The van der Waals surface area contributed by atoms with Gasteiger partial charge in [-0.1, -0.05) is 11.6 Å². The normalized spacial score (nSPS) is 9.69. The average molecular weight is 198 g/mol. The summed E-state index contributed by atoms with van der Waals surface area (Å²) < 4.78 is 13.2. The smallest absolute Gasteiger partial charge is 0.126 e. The van der Waals surface area contributed by atoms with Gasteiger partial charge < -0.3 is 0 Å². The second-order valence-electron chi connectivity index (χ2n) is 2.79. The third-order valence-electron chi connectivity index (χ3n) is 1.96. The Hall–Kier alpha value is -1.07. The molecular weight excluding hydrogens is 189 g/mol. The first-order valence-electron chi connectivity index (χ1n) is 3.97. The van der Waals surface area contributed by atoms with E-state index in [1.54, 1.807) is 6.92 Å².